The van der Waals surface area contributed by atoms with Gasteiger partial charge in [-0.15, -0.1) is 0 Å². The summed E-state index contributed by atoms with van der Waals surface area (Å²) in [6, 6.07) is 10.8. The standard InChI is InChI=1S/C20H16FNO5/c1-26-17-8-6-13(12-16(17)21)7-9-18(23)27-11-10-22-19(24)14-4-2-3-5-15(14)20(22)25/h2-9,12H,10-11H2,1H3/b9-7+. The molecule has 138 valence electrons. The van der Waals surface area contributed by atoms with Gasteiger partial charge in [0.2, 0.25) is 0 Å². The molecule has 7 heteroatoms. The molecule has 0 aliphatic carbocycles. The maximum Gasteiger partial charge on any atom is 0.330 e. The maximum atomic E-state index is 13.6. The van der Waals surface area contributed by atoms with Crippen LogP contribution < -0.4 is 4.74 Å². The molecule has 0 spiro atoms. The van der Waals surface area contributed by atoms with Gasteiger partial charge in [-0.25, -0.2) is 9.18 Å². The second kappa shape index (κ2) is 7.82. The van der Waals surface area contributed by atoms with Gasteiger partial charge in [0.15, 0.2) is 11.6 Å². The van der Waals surface area contributed by atoms with Crippen LogP contribution >= 0.6 is 0 Å². The molecule has 0 saturated heterocycles. The summed E-state index contributed by atoms with van der Waals surface area (Å²) in [5, 5.41) is 0. The molecule has 27 heavy (non-hydrogen) atoms. The minimum absolute atomic E-state index is 0.0386. The van der Waals surface area contributed by atoms with E-state index in [4.69, 9.17) is 9.47 Å². The molecule has 2 amide bonds. The number of esters is 1. The number of halogens is 1. The highest BCUT2D eigenvalue weighted by molar-refractivity contribution is 6.21. The second-order valence-corrected chi connectivity index (χ2v) is 5.70. The van der Waals surface area contributed by atoms with Crippen LogP contribution in [-0.2, 0) is 9.53 Å². The Kier molecular flexibility index (Phi) is 5.30. The van der Waals surface area contributed by atoms with Crippen molar-refractivity contribution in [2.75, 3.05) is 20.3 Å². The van der Waals surface area contributed by atoms with Gasteiger partial charge >= 0.3 is 5.97 Å². The van der Waals surface area contributed by atoms with Crippen LogP contribution in [0.2, 0.25) is 0 Å². The summed E-state index contributed by atoms with van der Waals surface area (Å²) in [6.07, 6.45) is 2.54. The van der Waals surface area contributed by atoms with Crippen LogP contribution in [0.4, 0.5) is 4.39 Å². The van der Waals surface area contributed by atoms with Gasteiger partial charge in [-0.1, -0.05) is 18.2 Å². The number of fused-ring (bicyclic) bond motifs is 1. The minimum atomic E-state index is -0.664. The quantitative estimate of drug-likeness (QED) is 0.445. The van der Waals surface area contributed by atoms with E-state index in [2.05, 4.69) is 0 Å². The van der Waals surface area contributed by atoms with Crippen molar-refractivity contribution in [1.82, 2.24) is 4.90 Å². The molecule has 1 aliphatic rings. The number of amides is 2. The Hall–Kier alpha value is -3.48. The summed E-state index contributed by atoms with van der Waals surface area (Å²) in [5.41, 5.74) is 1.15. The summed E-state index contributed by atoms with van der Waals surface area (Å²) in [5.74, 6) is -1.91. The number of imide groups is 1. The first-order valence-electron chi connectivity index (χ1n) is 8.15. The number of ether oxygens (including phenoxy) is 2. The van der Waals surface area contributed by atoms with Crippen LogP contribution in [0.3, 0.4) is 0 Å². The molecule has 1 heterocycles. The number of methoxy groups -OCH3 is 1. The lowest BCUT2D eigenvalue weighted by molar-refractivity contribution is -0.137. The van der Waals surface area contributed by atoms with Crippen molar-refractivity contribution in [3.8, 4) is 5.75 Å². The molecule has 3 rings (SSSR count). The van der Waals surface area contributed by atoms with E-state index in [0.29, 0.717) is 16.7 Å². The third-order valence-electron chi connectivity index (χ3n) is 4.03. The molecule has 2 aromatic rings. The van der Waals surface area contributed by atoms with Gasteiger partial charge in [-0.3, -0.25) is 14.5 Å². The van der Waals surface area contributed by atoms with Crippen molar-refractivity contribution >= 4 is 23.9 Å². The Morgan fingerprint density at radius 2 is 1.78 bits per heavy atom. The van der Waals surface area contributed by atoms with Crippen molar-refractivity contribution in [1.29, 1.82) is 0 Å². The number of nitrogens with zero attached hydrogens (tertiary/aromatic N) is 1. The zero-order valence-corrected chi connectivity index (χ0v) is 14.5. The predicted molar refractivity (Wildman–Crippen MR) is 94.8 cm³/mol. The molecule has 0 unspecified atom stereocenters. The third kappa shape index (κ3) is 3.87. The Morgan fingerprint density at radius 1 is 1.11 bits per heavy atom. The fourth-order valence-corrected chi connectivity index (χ4v) is 2.68. The third-order valence-corrected chi connectivity index (χ3v) is 4.03. The van der Waals surface area contributed by atoms with E-state index in [1.54, 1.807) is 30.3 Å². The number of carbonyl (C=O) groups excluding carboxylic acids is 3. The molecule has 0 fully saturated rings. The summed E-state index contributed by atoms with van der Waals surface area (Å²) in [4.78, 5) is 37.2. The highest BCUT2D eigenvalue weighted by atomic mass is 19.1. The van der Waals surface area contributed by atoms with E-state index in [1.165, 1.54) is 25.3 Å². The average molecular weight is 369 g/mol. The minimum Gasteiger partial charge on any atom is -0.494 e. The molecule has 0 saturated carbocycles. The molecule has 0 radical (unpaired) electrons. The van der Waals surface area contributed by atoms with E-state index in [-0.39, 0.29) is 18.9 Å². The lowest BCUT2D eigenvalue weighted by Crippen LogP contribution is -2.33. The van der Waals surface area contributed by atoms with Gasteiger partial charge in [-0.2, -0.15) is 0 Å². The molecule has 1 aliphatic heterocycles. The van der Waals surface area contributed by atoms with Crippen LogP contribution in [0.25, 0.3) is 6.08 Å². The molecular formula is C20H16FNO5. The van der Waals surface area contributed by atoms with Gasteiger partial charge in [0, 0.05) is 6.08 Å². The highest BCUT2D eigenvalue weighted by Crippen LogP contribution is 2.22. The largest absolute Gasteiger partial charge is 0.494 e. The van der Waals surface area contributed by atoms with Gasteiger partial charge < -0.3 is 9.47 Å². The van der Waals surface area contributed by atoms with Crippen LogP contribution in [-0.4, -0.2) is 42.9 Å². The number of hydrogen-bond donors (Lipinski definition) is 0. The Labute approximate surface area is 154 Å². The maximum absolute atomic E-state index is 13.6. The molecule has 0 N–H and O–H groups in total. The van der Waals surface area contributed by atoms with Crippen LogP contribution in [0, 0.1) is 5.82 Å². The van der Waals surface area contributed by atoms with Crippen molar-refractivity contribution in [2.24, 2.45) is 0 Å². The lowest BCUT2D eigenvalue weighted by Gasteiger charge is -2.13. The Morgan fingerprint density at radius 3 is 2.37 bits per heavy atom. The van der Waals surface area contributed by atoms with Gasteiger partial charge in [-0.05, 0) is 35.9 Å². The van der Waals surface area contributed by atoms with E-state index < -0.39 is 23.6 Å². The van der Waals surface area contributed by atoms with Crippen LogP contribution in [0.1, 0.15) is 26.3 Å². The van der Waals surface area contributed by atoms with E-state index in [9.17, 15) is 18.8 Å². The summed E-state index contributed by atoms with van der Waals surface area (Å²) < 4.78 is 23.4. The monoisotopic (exact) mass is 369 g/mol. The first-order valence-corrected chi connectivity index (χ1v) is 8.15. The average Bonchev–Trinajstić information content (AvgIpc) is 2.91. The molecular weight excluding hydrogens is 353 g/mol. The van der Waals surface area contributed by atoms with Gasteiger partial charge in [0.05, 0.1) is 24.8 Å². The number of hydrogen-bond acceptors (Lipinski definition) is 5. The summed E-state index contributed by atoms with van der Waals surface area (Å²) >= 11 is 0. The molecule has 0 aromatic heterocycles. The van der Waals surface area contributed by atoms with E-state index in [1.807, 2.05) is 0 Å². The molecule has 6 nitrogen and oxygen atoms in total. The lowest BCUT2D eigenvalue weighted by atomic mass is 10.1. The first kappa shape index (κ1) is 18.3. The van der Waals surface area contributed by atoms with Gasteiger partial charge in [0.1, 0.15) is 6.61 Å². The second-order valence-electron chi connectivity index (χ2n) is 5.70. The number of benzene rings is 2. The van der Waals surface area contributed by atoms with Crippen LogP contribution in [0.5, 0.6) is 5.75 Å². The molecule has 2 aromatic carbocycles. The van der Waals surface area contributed by atoms with Crippen LogP contribution in [0.15, 0.2) is 48.5 Å². The predicted octanol–water partition coefficient (Wildman–Crippen LogP) is 2.69. The fraction of sp³-hybridized carbons (Fsp3) is 0.150. The highest BCUT2D eigenvalue weighted by Gasteiger charge is 2.34. The topological polar surface area (TPSA) is 72.9 Å². The SMILES string of the molecule is COc1ccc(/C=C/C(=O)OCCN2C(=O)c3ccccc3C2=O)cc1F. The van der Waals surface area contributed by atoms with E-state index >= 15 is 0 Å². The summed E-state index contributed by atoms with van der Waals surface area (Å²) in [7, 11) is 1.36. The number of rotatable bonds is 6. The summed E-state index contributed by atoms with van der Waals surface area (Å²) in [6.45, 7) is -0.172. The van der Waals surface area contributed by atoms with Crippen molar-refractivity contribution in [2.45, 2.75) is 0 Å². The Bertz CT molecular complexity index is 903. The first-order chi connectivity index (χ1) is 13.0. The van der Waals surface area contributed by atoms with Crippen molar-refractivity contribution in [3.63, 3.8) is 0 Å². The normalized spacial score (nSPS) is 13.2. The zero-order valence-electron chi connectivity index (χ0n) is 14.5. The molecule has 0 bridgehead atoms. The number of carbonyl (C=O) groups is 3. The Balaban J connectivity index is 1.52. The van der Waals surface area contributed by atoms with Crippen molar-refractivity contribution in [3.05, 3.63) is 71.0 Å². The fourth-order valence-electron chi connectivity index (χ4n) is 2.68. The molecule has 0 atom stereocenters. The zero-order chi connectivity index (χ0) is 19.4. The van der Waals surface area contributed by atoms with Gasteiger partial charge in [0.25, 0.3) is 11.8 Å². The van der Waals surface area contributed by atoms with E-state index in [0.717, 1.165) is 11.0 Å². The van der Waals surface area contributed by atoms with Crippen molar-refractivity contribution < 1.29 is 28.2 Å². The smallest absolute Gasteiger partial charge is 0.330 e.